The van der Waals surface area contributed by atoms with Crippen molar-refractivity contribution in [2.75, 3.05) is 0 Å². The number of allylic oxidation sites excluding steroid dienone is 2. The summed E-state index contributed by atoms with van der Waals surface area (Å²) in [4.78, 5) is 13.4. The van der Waals surface area contributed by atoms with Gasteiger partial charge in [0.2, 0.25) is 0 Å². The third kappa shape index (κ3) is 3.24. The number of carbonyl (C=O) groups excluding carboxylic acids is 1. The Morgan fingerprint density at radius 3 is 2.54 bits per heavy atom. The molecule has 4 rings (SSSR count). The van der Waals surface area contributed by atoms with E-state index < -0.39 is 0 Å². The molecule has 1 nitrogen and oxygen atoms in total. The Labute approximate surface area is 174 Å². The van der Waals surface area contributed by atoms with Crippen LogP contribution in [0.1, 0.15) is 105 Å². The molecule has 0 spiro atoms. The van der Waals surface area contributed by atoms with Crippen LogP contribution in [0.25, 0.3) is 0 Å². The summed E-state index contributed by atoms with van der Waals surface area (Å²) in [7, 11) is 0. The zero-order valence-corrected chi connectivity index (χ0v) is 19.2. The van der Waals surface area contributed by atoms with Gasteiger partial charge in [0.1, 0.15) is 0 Å². The van der Waals surface area contributed by atoms with Gasteiger partial charge in [0.15, 0.2) is 5.78 Å². The molecule has 3 fully saturated rings. The van der Waals surface area contributed by atoms with E-state index in [-0.39, 0.29) is 0 Å². The summed E-state index contributed by atoms with van der Waals surface area (Å²) in [6.07, 6.45) is 16.8. The molecular weight excluding hydrogens is 340 g/mol. The molecule has 158 valence electrons. The number of rotatable bonds is 5. The highest BCUT2D eigenvalue weighted by molar-refractivity contribution is 5.94. The van der Waals surface area contributed by atoms with Gasteiger partial charge in [0, 0.05) is 5.92 Å². The zero-order valence-electron chi connectivity index (χ0n) is 19.2. The van der Waals surface area contributed by atoms with E-state index in [9.17, 15) is 4.79 Å². The van der Waals surface area contributed by atoms with Crippen molar-refractivity contribution in [3.63, 3.8) is 0 Å². The van der Waals surface area contributed by atoms with Gasteiger partial charge in [0.05, 0.1) is 0 Å². The molecule has 0 radical (unpaired) electrons. The first-order valence-electron chi connectivity index (χ1n) is 12.5. The second-order valence-electron chi connectivity index (χ2n) is 12.0. The van der Waals surface area contributed by atoms with Gasteiger partial charge in [-0.2, -0.15) is 0 Å². The SMILES string of the molecule is CC(C)CCC[C@H](C)[C@H]1CC[C@H]2[C@@H]3C(=O)C=C4CCCC[C@]4(C)[C@H]3CC[C@]12C. The summed E-state index contributed by atoms with van der Waals surface area (Å²) in [6, 6.07) is 0. The molecular formula is C27H44O. The monoisotopic (exact) mass is 384 g/mol. The quantitative estimate of drug-likeness (QED) is 0.477. The summed E-state index contributed by atoms with van der Waals surface area (Å²) in [5.74, 6) is 4.61. The molecule has 1 heteroatoms. The Morgan fingerprint density at radius 2 is 1.79 bits per heavy atom. The summed E-state index contributed by atoms with van der Waals surface area (Å²) in [6.45, 7) is 12.3. The van der Waals surface area contributed by atoms with E-state index in [0.717, 1.165) is 17.8 Å². The predicted molar refractivity (Wildman–Crippen MR) is 118 cm³/mol. The van der Waals surface area contributed by atoms with E-state index in [1.54, 1.807) is 0 Å². The summed E-state index contributed by atoms with van der Waals surface area (Å²) in [5.41, 5.74) is 2.26. The first-order valence-corrected chi connectivity index (χ1v) is 12.5. The molecule has 0 aromatic rings. The minimum atomic E-state index is 0.332. The third-order valence-corrected chi connectivity index (χ3v) is 10.1. The summed E-state index contributed by atoms with van der Waals surface area (Å²) < 4.78 is 0. The number of hydrogen-bond donors (Lipinski definition) is 0. The lowest BCUT2D eigenvalue weighted by atomic mass is 9.47. The third-order valence-electron chi connectivity index (χ3n) is 10.1. The van der Waals surface area contributed by atoms with Gasteiger partial charge in [-0.25, -0.2) is 0 Å². The molecule has 0 amide bonds. The van der Waals surface area contributed by atoms with Crippen LogP contribution in [0.2, 0.25) is 0 Å². The highest BCUT2D eigenvalue weighted by Gasteiger charge is 2.60. The number of hydrogen-bond acceptors (Lipinski definition) is 1. The van der Waals surface area contributed by atoms with Crippen LogP contribution in [-0.2, 0) is 4.79 Å². The molecule has 4 aliphatic rings. The second kappa shape index (κ2) is 7.59. The molecule has 4 aliphatic carbocycles. The molecule has 7 atom stereocenters. The Bertz CT molecular complexity index is 630. The topological polar surface area (TPSA) is 17.1 Å². The van der Waals surface area contributed by atoms with Crippen molar-refractivity contribution in [2.24, 2.45) is 46.3 Å². The van der Waals surface area contributed by atoms with Gasteiger partial charge in [0.25, 0.3) is 0 Å². The average Bonchev–Trinajstić information content (AvgIpc) is 2.99. The van der Waals surface area contributed by atoms with Crippen LogP contribution in [0, 0.1) is 46.3 Å². The predicted octanol–water partition coefficient (Wildman–Crippen LogP) is 7.60. The van der Waals surface area contributed by atoms with Crippen LogP contribution in [0.5, 0.6) is 0 Å². The highest BCUT2D eigenvalue weighted by atomic mass is 16.1. The fraction of sp³-hybridized carbons (Fsp3) is 0.889. The molecule has 0 heterocycles. The summed E-state index contributed by atoms with van der Waals surface area (Å²) >= 11 is 0. The Kier molecular flexibility index (Phi) is 5.60. The van der Waals surface area contributed by atoms with E-state index in [0.29, 0.717) is 34.4 Å². The first kappa shape index (κ1) is 20.7. The Hall–Kier alpha value is -0.590. The minimum absolute atomic E-state index is 0.332. The van der Waals surface area contributed by atoms with Crippen molar-refractivity contribution in [3.05, 3.63) is 11.6 Å². The van der Waals surface area contributed by atoms with Gasteiger partial charge in [-0.1, -0.05) is 65.9 Å². The normalized spacial score (nSPS) is 43.9. The highest BCUT2D eigenvalue weighted by Crippen LogP contribution is 2.66. The van der Waals surface area contributed by atoms with Crippen molar-refractivity contribution in [1.82, 2.24) is 0 Å². The van der Waals surface area contributed by atoms with Crippen LogP contribution in [0.3, 0.4) is 0 Å². The van der Waals surface area contributed by atoms with Crippen molar-refractivity contribution >= 4 is 5.78 Å². The van der Waals surface area contributed by atoms with Crippen molar-refractivity contribution in [2.45, 2.75) is 105 Å². The maximum Gasteiger partial charge on any atom is 0.159 e. The van der Waals surface area contributed by atoms with E-state index in [1.165, 1.54) is 76.2 Å². The fourth-order valence-electron chi connectivity index (χ4n) is 8.46. The van der Waals surface area contributed by atoms with Crippen molar-refractivity contribution in [3.8, 4) is 0 Å². The van der Waals surface area contributed by atoms with Gasteiger partial charge in [-0.05, 0) is 91.4 Å². The van der Waals surface area contributed by atoms with Gasteiger partial charge < -0.3 is 0 Å². The van der Waals surface area contributed by atoms with E-state index >= 15 is 0 Å². The molecule has 0 bridgehead atoms. The van der Waals surface area contributed by atoms with E-state index in [1.807, 2.05) is 0 Å². The first-order chi connectivity index (χ1) is 13.3. The smallest absolute Gasteiger partial charge is 0.159 e. The zero-order chi connectivity index (χ0) is 20.1. The van der Waals surface area contributed by atoms with Crippen LogP contribution < -0.4 is 0 Å². The van der Waals surface area contributed by atoms with Crippen LogP contribution in [0.4, 0.5) is 0 Å². The molecule has 0 N–H and O–H groups in total. The van der Waals surface area contributed by atoms with Crippen molar-refractivity contribution < 1.29 is 4.79 Å². The number of fused-ring (bicyclic) bond motifs is 5. The number of carbonyl (C=O) groups is 1. The molecule has 0 aliphatic heterocycles. The number of ketones is 1. The molecule has 0 unspecified atom stereocenters. The van der Waals surface area contributed by atoms with Crippen LogP contribution in [-0.4, -0.2) is 5.78 Å². The van der Waals surface area contributed by atoms with Crippen molar-refractivity contribution in [1.29, 1.82) is 0 Å². The largest absolute Gasteiger partial charge is 0.295 e. The standard InChI is InChI=1S/C27H44O/c1-18(2)9-8-10-19(3)21-12-13-22-25-23(14-16-27(21,22)5)26(4)15-7-6-11-20(26)17-24(25)28/h17-19,21-23,25H,6-16H2,1-5H3/t19-,21+,22-,23-,25-,26-,27+/m0/s1. The van der Waals surface area contributed by atoms with Gasteiger partial charge in [-0.15, -0.1) is 0 Å². The Balaban J connectivity index is 1.54. The van der Waals surface area contributed by atoms with Crippen LogP contribution >= 0.6 is 0 Å². The minimum Gasteiger partial charge on any atom is -0.295 e. The van der Waals surface area contributed by atoms with Gasteiger partial charge in [-0.3, -0.25) is 4.79 Å². The average molecular weight is 385 g/mol. The molecule has 0 aromatic carbocycles. The Morgan fingerprint density at radius 1 is 1.00 bits per heavy atom. The lowest BCUT2D eigenvalue weighted by Gasteiger charge is -2.57. The van der Waals surface area contributed by atoms with E-state index in [2.05, 4.69) is 40.7 Å². The maximum absolute atomic E-state index is 13.4. The second-order valence-corrected chi connectivity index (χ2v) is 12.0. The molecule has 0 aromatic heterocycles. The fourth-order valence-corrected chi connectivity index (χ4v) is 8.46. The molecule has 3 saturated carbocycles. The summed E-state index contributed by atoms with van der Waals surface area (Å²) in [5, 5.41) is 0. The maximum atomic E-state index is 13.4. The molecule has 28 heavy (non-hydrogen) atoms. The van der Waals surface area contributed by atoms with Crippen LogP contribution in [0.15, 0.2) is 11.6 Å². The lowest BCUT2D eigenvalue weighted by Crippen LogP contribution is -2.53. The molecule has 0 saturated heterocycles. The lowest BCUT2D eigenvalue weighted by molar-refractivity contribution is -0.134. The van der Waals surface area contributed by atoms with Gasteiger partial charge >= 0.3 is 0 Å². The van der Waals surface area contributed by atoms with E-state index in [4.69, 9.17) is 0 Å².